The number of hydrogen-bond acceptors (Lipinski definition) is 6. The molecular formula is C11H24N6O. The second-order valence-corrected chi connectivity index (χ2v) is 5.41. The minimum absolute atomic E-state index is 0.0173. The van der Waals surface area contributed by atoms with Crippen molar-refractivity contribution in [2.45, 2.75) is 46.3 Å². The summed E-state index contributed by atoms with van der Waals surface area (Å²) in [6.45, 7) is 9.01. The van der Waals surface area contributed by atoms with E-state index in [-0.39, 0.29) is 17.6 Å². The first-order chi connectivity index (χ1) is 8.38. The summed E-state index contributed by atoms with van der Waals surface area (Å²) in [7, 11) is 1.74. The van der Waals surface area contributed by atoms with Crippen molar-refractivity contribution in [2.75, 3.05) is 6.61 Å². The highest BCUT2D eigenvalue weighted by Gasteiger charge is 2.33. The molecule has 0 amide bonds. The summed E-state index contributed by atoms with van der Waals surface area (Å²) in [5, 5.41) is 12.0. The highest BCUT2D eigenvalue weighted by molar-refractivity contribution is 4.92. The monoisotopic (exact) mass is 256 g/mol. The zero-order valence-electron chi connectivity index (χ0n) is 11.8. The summed E-state index contributed by atoms with van der Waals surface area (Å²) in [5.41, 5.74) is 2.79. The van der Waals surface area contributed by atoms with Crippen molar-refractivity contribution >= 4 is 0 Å². The van der Waals surface area contributed by atoms with Gasteiger partial charge in [0.05, 0.1) is 19.2 Å². The quantitative estimate of drug-likeness (QED) is 0.551. The van der Waals surface area contributed by atoms with Gasteiger partial charge in [0.1, 0.15) is 0 Å². The molecule has 0 aliphatic rings. The molecule has 0 saturated carbocycles. The molecule has 2 atom stereocenters. The van der Waals surface area contributed by atoms with E-state index in [4.69, 9.17) is 10.6 Å². The number of rotatable bonds is 6. The minimum Gasteiger partial charge on any atom is -0.376 e. The molecule has 104 valence electrons. The Kier molecular flexibility index (Phi) is 5.18. The zero-order valence-corrected chi connectivity index (χ0v) is 11.8. The summed E-state index contributed by atoms with van der Waals surface area (Å²) >= 11 is 0. The number of aromatic nitrogens is 4. The van der Waals surface area contributed by atoms with Gasteiger partial charge in [-0.15, -0.1) is 10.2 Å². The van der Waals surface area contributed by atoms with E-state index < -0.39 is 0 Å². The van der Waals surface area contributed by atoms with Gasteiger partial charge >= 0.3 is 0 Å². The van der Waals surface area contributed by atoms with Gasteiger partial charge in [-0.25, -0.2) is 0 Å². The summed E-state index contributed by atoms with van der Waals surface area (Å²) in [6, 6.07) is -0.0471. The Morgan fingerprint density at radius 1 is 1.44 bits per heavy atom. The summed E-state index contributed by atoms with van der Waals surface area (Å²) in [5.74, 6) is 6.30. The number of ether oxygens (including phenoxy) is 1. The van der Waals surface area contributed by atoms with Crippen LogP contribution >= 0.6 is 0 Å². The molecular weight excluding hydrogens is 232 g/mol. The Hall–Kier alpha value is -1.05. The maximum absolute atomic E-state index is 5.81. The molecule has 0 aromatic carbocycles. The van der Waals surface area contributed by atoms with E-state index in [1.807, 2.05) is 6.92 Å². The average molecular weight is 256 g/mol. The molecule has 18 heavy (non-hydrogen) atoms. The van der Waals surface area contributed by atoms with Gasteiger partial charge < -0.3 is 4.74 Å². The van der Waals surface area contributed by atoms with Crippen LogP contribution in [0.2, 0.25) is 0 Å². The third-order valence-corrected chi connectivity index (χ3v) is 2.73. The largest absolute Gasteiger partial charge is 0.376 e. The van der Waals surface area contributed by atoms with Gasteiger partial charge in [-0.1, -0.05) is 20.8 Å². The van der Waals surface area contributed by atoms with Crippen LogP contribution in [0.1, 0.15) is 33.5 Å². The molecule has 7 heteroatoms. The Morgan fingerprint density at radius 3 is 2.50 bits per heavy atom. The van der Waals surface area contributed by atoms with Gasteiger partial charge in [-0.05, 0) is 17.6 Å². The third kappa shape index (κ3) is 4.01. The molecule has 0 saturated heterocycles. The molecule has 0 bridgehead atoms. The molecule has 1 heterocycles. The number of nitrogens with two attached hydrogens (primary N) is 1. The van der Waals surface area contributed by atoms with E-state index in [1.165, 1.54) is 4.80 Å². The van der Waals surface area contributed by atoms with Crippen LogP contribution in [0.5, 0.6) is 0 Å². The van der Waals surface area contributed by atoms with E-state index in [0.717, 1.165) is 0 Å². The topological polar surface area (TPSA) is 90.9 Å². The normalized spacial score (nSPS) is 15.7. The van der Waals surface area contributed by atoms with Gasteiger partial charge in [0, 0.05) is 13.0 Å². The van der Waals surface area contributed by atoms with Gasteiger partial charge in [0.25, 0.3) is 0 Å². The minimum atomic E-state index is -0.0471. The first-order valence-electron chi connectivity index (χ1n) is 6.19. The number of nitrogens with zero attached hydrogens (tertiary/aromatic N) is 4. The van der Waals surface area contributed by atoms with Crippen LogP contribution < -0.4 is 11.3 Å². The fraction of sp³-hybridized carbons (Fsp3) is 0.909. The third-order valence-electron chi connectivity index (χ3n) is 2.73. The van der Waals surface area contributed by atoms with Crippen molar-refractivity contribution < 1.29 is 4.74 Å². The maximum Gasteiger partial charge on any atom is 0.176 e. The first kappa shape index (κ1) is 15.0. The van der Waals surface area contributed by atoms with Crippen LogP contribution in [-0.4, -0.2) is 39.0 Å². The molecule has 7 nitrogen and oxygen atoms in total. The van der Waals surface area contributed by atoms with Crippen molar-refractivity contribution in [2.24, 2.45) is 18.3 Å². The van der Waals surface area contributed by atoms with Crippen LogP contribution in [0, 0.1) is 5.41 Å². The number of tetrazole rings is 1. The molecule has 0 spiro atoms. The van der Waals surface area contributed by atoms with Crippen molar-refractivity contribution in [3.8, 4) is 0 Å². The predicted molar refractivity (Wildman–Crippen MR) is 68.5 cm³/mol. The smallest absolute Gasteiger partial charge is 0.176 e. The van der Waals surface area contributed by atoms with Gasteiger partial charge in [-0.3, -0.25) is 11.3 Å². The Balaban J connectivity index is 2.79. The highest BCUT2D eigenvalue weighted by atomic mass is 16.5. The van der Waals surface area contributed by atoms with E-state index in [9.17, 15) is 0 Å². The lowest BCUT2D eigenvalue weighted by molar-refractivity contribution is -0.0360. The van der Waals surface area contributed by atoms with Crippen LogP contribution in [-0.2, 0) is 18.2 Å². The molecule has 1 rings (SSSR count). The standard InChI is InChI=1S/C11H24N6O/c1-6-18-10(11(2,3)4)8(13-12)7-9-14-16-17(5)15-9/h8,10,13H,6-7,12H2,1-5H3. The fourth-order valence-corrected chi connectivity index (χ4v) is 2.00. The van der Waals surface area contributed by atoms with Gasteiger partial charge in [0.15, 0.2) is 5.82 Å². The van der Waals surface area contributed by atoms with Crippen molar-refractivity contribution in [3.63, 3.8) is 0 Å². The number of aryl methyl sites for hydroxylation is 1. The van der Waals surface area contributed by atoms with Crippen molar-refractivity contribution in [3.05, 3.63) is 5.82 Å². The average Bonchev–Trinajstić information content (AvgIpc) is 2.67. The summed E-state index contributed by atoms with van der Waals surface area (Å²) < 4.78 is 5.81. The van der Waals surface area contributed by atoms with E-state index in [1.54, 1.807) is 7.05 Å². The highest BCUT2D eigenvalue weighted by Crippen LogP contribution is 2.26. The molecule has 0 aliphatic heterocycles. The fourth-order valence-electron chi connectivity index (χ4n) is 2.00. The zero-order chi connectivity index (χ0) is 13.8. The van der Waals surface area contributed by atoms with Crippen molar-refractivity contribution in [1.29, 1.82) is 0 Å². The first-order valence-corrected chi connectivity index (χ1v) is 6.19. The number of nitrogens with one attached hydrogen (secondary N) is 1. The predicted octanol–water partition coefficient (Wildman–Crippen LogP) is 0.0357. The molecule has 2 unspecified atom stereocenters. The summed E-state index contributed by atoms with van der Waals surface area (Å²) in [6.07, 6.45) is 0.572. The van der Waals surface area contributed by atoms with E-state index in [0.29, 0.717) is 18.9 Å². The Bertz CT molecular complexity index is 359. The molecule has 1 aromatic heterocycles. The second kappa shape index (κ2) is 6.21. The second-order valence-electron chi connectivity index (χ2n) is 5.41. The Labute approximate surface area is 108 Å². The number of hydrazine groups is 1. The van der Waals surface area contributed by atoms with Crippen LogP contribution in [0.25, 0.3) is 0 Å². The molecule has 1 aromatic rings. The lowest BCUT2D eigenvalue weighted by atomic mass is 9.83. The Morgan fingerprint density at radius 2 is 2.11 bits per heavy atom. The van der Waals surface area contributed by atoms with E-state index in [2.05, 4.69) is 41.6 Å². The van der Waals surface area contributed by atoms with Crippen LogP contribution in [0.15, 0.2) is 0 Å². The maximum atomic E-state index is 5.81. The lowest BCUT2D eigenvalue weighted by Crippen LogP contribution is -2.52. The SMILES string of the molecule is CCOC(C(Cc1nnn(C)n1)NN)C(C)(C)C. The van der Waals surface area contributed by atoms with Crippen LogP contribution in [0.4, 0.5) is 0 Å². The summed E-state index contributed by atoms with van der Waals surface area (Å²) in [4.78, 5) is 1.44. The van der Waals surface area contributed by atoms with E-state index >= 15 is 0 Å². The molecule has 0 aliphatic carbocycles. The van der Waals surface area contributed by atoms with Gasteiger partial charge in [-0.2, -0.15) is 4.80 Å². The lowest BCUT2D eigenvalue weighted by Gasteiger charge is -2.36. The molecule has 3 N–H and O–H groups in total. The molecule has 0 radical (unpaired) electrons. The van der Waals surface area contributed by atoms with Gasteiger partial charge in [0.2, 0.25) is 0 Å². The van der Waals surface area contributed by atoms with Crippen LogP contribution in [0.3, 0.4) is 0 Å². The number of hydrogen-bond donors (Lipinski definition) is 2. The van der Waals surface area contributed by atoms with Crippen molar-refractivity contribution in [1.82, 2.24) is 25.6 Å². The molecule has 0 fully saturated rings.